The molecule has 1 nitrogen and oxygen atoms in total. The Labute approximate surface area is 91.3 Å². The van der Waals surface area contributed by atoms with Crippen LogP contribution in [0.2, 0.25) is 0 Å². The number of hydrogen-bond acceptors (Lipinski definition) is 2. The second-order valence-corrected chi connectivity index (χ2v) is 4.27. The Morgan fingerprint density at radius 2 is 1.50 bits per heavy atom. The lowest BCUT2D eigenvalue weighted by Crippen LogP contribution is -2.13. The molecule has 0 saturated heterocycles. The normalized spacial score (nSPS) is 13.0. The summed E-state index contributed by atoms with van der Waals surface area (Å²) < 4.78 is 74.1. The third kappa shape index (κ3) is 2.60. The summed E-state index contributed by atoms with van der Waals surface area (Å²) in [6, 6.07) is 0.507. The molecular formula is C8H7F6NS. The first kappa shape index (κ1) is 13.1. The number of halogens is 6. The Bertz CT molecular complexity index is 375. The Kier molecular flexibility index (Phi) is 3.15. The minimum atomic E-state index is -4.77. The SMILES string of the molecule is CN(C)c1cc(C(F)(F)F)sc1C(F)(F)F. The molecule has 0 aliphatic rings. The van der Waals surface area contributed by atoms with E-state index in [1.165, 1.54) is 14.1 Å². The smallest absolute Gasteiger partial charge is 0.376 e. The predicted molar refractivity (Wildman–Crippen MR) is 48.7 cm³/mol. The largest absolute Gasteiger partial charge is 0.427 e. The van der Waals surface area contributed by atoms with Crippen LogP contribution >= 0.6 is 11.3 Å². The molecule has 16 heavy (non-hydrogen) atoms. The van der Waals surface area contributed by atoms with Crippen LogP contribution < -0.4 is 4.90 Å². The lowest BCUT2D eigenvalue weighted by molar-refractivity contribution is -0.134. The zero-order valence-corrected chi connectivity index (χ0v) is 9.02. The van der Waals surface area contributed by atoms with Gasteiger partial charge in [-0.15, -0.1) is 11.3 Å². The third-order valence-corrected chi connectivity index (χ3v) is 2.95. The first-order valence-corrected chi connectivity index (χ1v) is 4.80. The molecule has 1 rings (SSSR count). The van der Waals surface area contributed by atoms with Gasteiger partial charge in [0.15, 0.2) is 0 Å². The van der Waals surface area contributed by atoms with Crippen molar-refractivity contribution in [2.45, 2.75) is 12.4 Å². The van der Waals surface area contributed by atoms with Crippen LogP contribution in [0.1, 0.15) is 9.75 Å². The third-order valence-electron chi connectivity index (χ3n) is 1.73. The van der Waals surface area contributed by atoms with Gasteiger partial charge in [-0.2, -0.15) is 26.3 Å². The van der Waals surface area contributed by atoms with Crippen LogP contribution in [-0.2, 0) is 12.4 Å². The van der Waals surface area contributed by atoms with Crippen molar-refractivity contribution in [3.05, 3.63) is 15.8 Å². The summed E-state index contributed by atoms with van der Waals surface area (Å²) in [5, 5.41) is 0. The first-order valence-electron chi connectivity index (χ1n) is 3.99. The monoisotopic (exact) mass is 263 g/mol. The summed E-state index contributed by atoms with van der Waals surface area (Å²) >= 11 is -0.290. The molecule has 0 unspecified atom stereocenters. The molecule has 0 aliphatic heterocycles. The molecule has 1 aromatic rings. The van der Waals surface area contributed by atoms with Gasteiger partial charge in [0.2, 0.25) is 0 Å². The molecule has 8 heteroatoms. The summed E-state index contributed by atoms with van der Waals surface area (Å²) in [6.45, 7) is 0. The summed E-state index contributed by atoms with van der Waals surface area (Å²) in [4.78, 5) is -1.47. The standard InChI is InChI=1S/C8H7F6NS/c1-15(2)4-3-5(7(9,10)11)16-6(4)8(12,13)14/h3H,1-2H3. The highest BCUT2D eigenvalue weighted by molar-refractivity contribution is 7.12. The summed E-state index contributed by atoms with van der Waals surface area (Å²) in [5.41, 5.74) is -0.468. The molecule has 0 fully saturated rings. The van der Waals surface area contributed by atoms with Crippen LogP contribution in [0.5, 0.6) is 0 Å². The van der Waals surface area contributed by atoms with Crippen LogP contribution in [0.25, 0.3) is 0 Å². The first-order chi connectivity index (χ1) is 7.03. The molecule has 1 heterocycles. The molecule has 0 N–H and O–H groups in total. The fourth-order valence-electron chi connectivity index (χ4n) is 1.06. The second-order valence-electron chi connectivity index (χ2n) is 3.21. The van der Waals surface area contributed by atoms with Gasteiger partial charge < -0.3 is 4.90 Å². The van der Waals surface area contributed by atoms with Gasteiger partial charge in [0, 0.05) is 14.1 Å². The summed E-state index contributed by atoms with van der Waals surface area (Å²) in [6.07, 6.45) is -9.52. The van der Waals surface area contributed by atoms with Gasteiger partial charge in [0.1, 0.15) is 9.75 Å². The minimum absolute atomic E-state index is 0.290. The fraction of sp³-hybridized carbons (Fsp3) is 0.500. The van der Waals surface area contributed by atoms with Crippen molar-refractivity contribution in [1.82, 2.24) is 0 Å². The van der Waals surface area contributed by atoms with E-state index in [9.17, 15) is 26.3 Å². The molecule has 1 aromatic heterocycles. The van der Waals surface area contributed by atoms with Crippen molar-refractivity contribution in [2.24, 2.45) is 0 Å². The Hall–Kier alpha value is -0.920. The second kappa shape index (κ2) is 3.83. The van der Waals surface area contributed by atoms with Crippen molar-refractivity contribution in [1.29, 1.82) is 0 Å². The van der Waals surface area contributed by atoms with Gasteiger partial charge in [0.05, 0.1) is 5.69 Å². The van der Waals surface area contributed by atoms with E-state index in [0.717, 1.165) is 4.90 Å². The van der Waals surface area contributed by atoms with Crippen LogP contribution in [-0.4, -0.2) is 14.1 Å². The van der Waals surface area contributed by atoms with Crippen molar-refractivity contribution in [3.8, 4) is 0 Å². The molecule has 0 aromatic carbocycles. The Morgan fingerprint density at radius 3 is 1.75 bits per heavy atom. The predicted octanol–water partition coefficient (Wildman–Crippen LogP) is 3.85. The van der Waals surface area contributed by atoms with E-state index in [1.54, 1.807) is 0 Å². The number of nitrogens with zero attached hydrogens (tertiary/aromatic N) is 1. The highest BCUT2D eigenvalue weighted by atomic mass is 32.1. The van der Waals surface area contributed by atoms with Crippen LogP contribution in [0.15, 0.2) is 6.07 Å². The lowest BCUT2D eigenvalue weighted by atomic mass is 10.3. The van der Waals surface area contributed by atoms with E-state index in [0.29, 0.717) is 6.07 Å². The van der Waals surface area contributed by atoms with E-state index in [2.05, 4.69) is 0 Å². The number of thiophene rings is 1. The van der Waals surface area contributed by atoms with E-state index >= 15 is 0 Å². The van der Waals surface area contributed by atoms with Crippen LogP contribution in [0.3, 0.4) is 0 Å². The maximum Gasteiger partial charge on any atom is 0.427 e. The molecule has 92 valence electrons. The summed E-state index contributed by atoms with van der Waals surface area (Å²) in [5.74, 6) is 0. The maximum atomic E-state index is 12.4. The fourth-order valence-corrected chi connectivity index (χ4v) is 2.02. The average molecular weight is 263 g/mol. The number of rotatable bonds is 1. The average Bonchev–Trinajstić information content (AvgIpc) is 2.44. The topological polar surface area (TPSA) is 3.24 Å². The minimum Gasteiger partial charge on any atom is -0.376 e. The molecule has 0 bridgehead atoms. The maximum absolute atomic E-state index is 12.4. The highest BCUT2D eigenvalue weighted by Crippen LogP contribution is 2.46. The lowest BCUT2D eigenvalue weighted by Gasteiger charge is -2.14. The van der Waals surface area contributed by atoms with Gasteiger partial charge in [-0.3, -0.25) is 0 Å². The van der Waals surface area contributed by atoms with Crippen molar-refractivity contribution in [2.75, 3.05) is 19.0 Å². The Balaban J connectivity index is 3.32. The van der Waals surface area contributed by atoms with Crippen LogP contribution in [0, 0.1) is 0 Å². The zero-order chi connectivity index (χ0) is 12.7. The summed E-state index contributed by atoms with van der Waals surface area (Å²) in [7, 11) is 2.52. The molecule has 0 saturated carbocycles. The van der Waals surface area contributed by atoms with Crippen molar-refractivity contribution in [3.63, 3.8) is 0 Å². The van der Waals surface area contributed by atoms with Crippen molar-refractivity contribution < 1.29 is 26.3 Å². The molecule has 0 atom stereocenters. The van der Waals surface area contributed by atoms with Gasteiger partial charge >= 0.3 is 12.4 Å². The number of alkyl halides is 6. The zero-order valence-electron chi connectivity index (χ0n) is 8.20. The molecular weight excluding hydrogens is 256 g/mol. The van der Waals surface area contributed by atoms with Gasteiger partial charge in [0.25, 0.3) is 0 Å². The number of hydrogen-bond donors (Lipinski definition) is 0. The van der Waals surface area contributed by atoms with E-state index in [4.69, 9.17) is 0 Å². The van der Waals surface area contributed by atoms with Gasteiger partial charge in [-0.05, 0) is 6.07 Å². The molecule has 0 spiro atoms. The van der Waals surface area contributed by atoms with E-state index < -0.39 is 27.8 Å². The van der Waals surface area contributed by atoms with Gasteiger partial charge in [-0.1, -0.05) is 0 Å². The van der Waals surface area contributed by atoms with Gasteiger partial charge in [-0.25, -0.2) is 0 Å². The number of anilines is 1. The highest BCUT2D eigenvalue weighted by Gasteiger charge is 2.41. The molecule has 0 aliphatic carbocycles. The molecule has 0 amide bonds. The Morgan fingerprint density at radius 1 is 1.00 bits per heavy atom. The van der Waals surface area contributed by atoms with Crippen LogP contribution in [0.4, 0.5) is 32.0 Å². The van der Waals surface area contributed by atoms with Crippen molar-refractivity contribution >= 4 is 17.0 Å². The van der Waals surface area contributed by atoms with E-state index in [-0.39, 0.29) is 11.3 Å². The van der Waals surface area contributed by atoms with E-state index in [1.807, 2.05) is 0 Å². The quantitative estimate of drug-likeness (QED) is 0.695. The molecule has 0 radical (unpaired) electrons.